The zero-order chi connectivity index (χ0) is 25.9. The second-order valence-electron chi connectivity index (χ2n) is 8.11. The smallest absolute Gasteiger partial charge is 0.283 e. The first-order chi connectivity index (χ1) is 17.9. The standard InChI is InChI=1S/C28H21BrClN3O3S/c1-2-35-24-14-18(13-22(29)25(24)36-15-17-8-10-20(30)11-9-17)12-21-26(31)33-23(19-6-4-3-5-7-19)16-37-28(33)32-27(21)34/h3-14,16,31H,2,15H2,1H3/b21-12-,31-26?. The monoisotopic (exact) mass is 593 g/mol. The van der Waals surface area contributed by atoms with E-state index in [2.05, 4.69) is 20.9 Å². The molecule has 0 aliphatic carbocycles. The van der Waals surface area contributed by atoms with Crippen LogP contribution in [0.25, 0.3) is 11.8 Å². The normalized spacial score (nSPS) is 16.0. The number of amidine groups is 2. The Hall–Kier alpha value is -3.33. The molecule has 2 aliphatic heterocycles. The van der Waals surface area contributed by atoms with Gasteiger partial charge in [0.15, 0.2) is 16.7 Å². The van der Waals surface area contributed by atoms with Gasteiger partial charge in [0, 0.05) is 10.4 Å². The molecule has 0 radical (unpaired) electrons. The number of rotatable bonds is 7. The fourth-order valence-corrected chi connectivity index (χ4v) is 5.48. The van der Waals surface area contributed by atoms with E-state index in [0.717, 1.165) is 16.8 Å². The van der Waals surface area contributed by atoms with Gasteiger partial charge in [-0.1, -0.05) is 65.8 Å². The lowest BCUT2D eigenvalue weighted by atomic mass is 10.1. The van der Waals surface area contributed by atoms with Gasteiger partial charge in [0.25, 0.3) is 5.91 Å². The zero-order valence-electron chi connectivity index (χ0n) is 19.7. The van der Waals surface area contributed by atoms with Crippen LogP contribution in [-0.2, 0) is 11.4 Å². The summed E-state index contributed by atoms with van der Waals surface area (Å²) < 4.78 is 12.6. The van der Waals surface area contributed by atoms with Crippen molar-refractivity contribution in [3.63, 3.8) is 0 Å². The van der Waals surface area contributed by atoms with Gasteiger partial charge in [0.05, 0.1) is 22.3 Å². The molecular formula is C28H21BrClN3O3S. The molecule has 1 N–H and O–H groups in total. The van der Waals surface area contributed by atoms with Gasteiger partial charge >= 0.3 is 0 Å². The summed E-state index contributed by atoms with van der Waals surface area (Å²) in [7, 11) is 0. The molecule has 2 aliphatic rings. The minimum absolute atomic E-state index is 0.0762. The van der Waals surface area contributed by atoms with Crippen LogP contribution in [0.4, 0.5) is 0 Å². The molecular weight excluding hydrogens is 574 g/mol. The SMILES string of the molecule is CCOc1cc(/C=C2/C(=N)N3C(c4ccccc4)=CSC3=NC2=O)cc(Br)c1OCc1ccc(Cl)cc1. The van der Waals surface area contributed by atoms with Crippen molar-refractivity contribution in [1.82, 2.24) is 4.90 Å². The van der Waals surface area contributed by atoms with Gasteiger partial charge in [-0.2, -0.15) is 4.99 Å². The first-order valence-electron chi connectivity index (χ1n) is 11.4. The predicted octanol–water partition coefficient (Wildman–Crippen LogP) is 7.38. The summed E-state index contributed by atoms with van der Waals surface area (Å²) in [5.41, 5.74) is 3.60. The number of aliphatic imine (C=N–C) groups is 1. The highest BCUT2D eigenvalue weighted by Gasteiger charge is 2.36. The third kappa shape index (κ3) is 5.37. The molecule has 0 atom stereocenters. The molecule has 0 unspecified atom stereocenters. The quantitative estimate of drug-likeness (QED) is 0.289. The maximum Gasteiger partial charge on any atom is 0.283 e. The van der Waals surface area contributed by atoms with Crippen molar-refractivity contribution >= 4 is 68.0 Å². The van der Waals surface area contributed by atoms with Gasteiger partial charge in [-0.25, -0.2) is 0 Å². The van der Waals surface area contributed by atoms with Crippen molar-refractivity contribution in [2.75, 3.05) is 6.61 Å². The number of ether oxygens (including phenoxy) is 2. The molecule has 2 heterocycles. The van der Waals surface area contributed by atoms with Crippen molar-refractivity contribution in [1.29, 1.82) is 5.41 Å². The van der Waals surface area contributed by atoms with Gasteiger partial charge in [0.2, 0.25) is 0 Å². The van der Waals surface area contributed by atoms with Crippen LogP contribution in [0.3, 0.4) is 0 Å². The maximum absolute atomic E-state index is 12.9. The number of amides is 1. The Morgan fingerprint density at radius 1 is 1.11 bits per heavy atom. The molecule has 9 heteroatoms. The molecule has 0 saturated heterocycles. The number of fused-ring (bicyclic) bond motifs is 1. The number of thioether (sulfide) groups is 1. The fraction of sp³-hybridized carbons (Fsp3) is 0.107. The third-order valence-electron chi connectivity index (χ3n) is 5.62. The summed E-state index contributed by atoms with van der Waals surface area (Å²) in [4.78, 5) is 18.9. The lowest BCUT2D eigenvalue weighted by molar-refractivity contribution is -0.114. The highest BCUT2D eigenvalue weighted by atomic mass is 79.9. The molecule has 0 spiro atoms. The van der Waals surface area contributed by atoms with Crippen molar-refractivity contribution < 1.29 is 14.3 Å². The minimum Gasteiger partial charge on any atom is -0.490 e. The van der Waals surface area contributed by atoms with E-state index >= 15 is 0 Å². The van der Waals surface area contributed by atoms with Crippen LogP contribution in [-0.4, -0.2) is 28.4 Å². The summed E-state index contributed by atoms with van der Waals surface area (Å²) in [6.07, 6.45) is 1.66. The Balaban J connectivity index is 1.45. The van der Waals surface area contributed by atoms with E-state index in [4.69, 9.17) is 26.5 Å². The first-order valence-corrected chi connectivity index (χ1v) is 13.5. The van der Waals surface area contributed by atoms with Gasteiger partial charge in [-0.05, 0) is 69.9 Å². The molecule has 5 rings (SSSR count). The summed E-state index contributed by atoms with van der Waals surface area (Å²) in [6, 6.07) is 20.8. The Morgan fingerprint density at radius 2 is 1.86 bits per heavy atom. The van der Waals surface area contributed by atoms with E-state index in [1.54, 1.807) is 17.0 Å². The highest BCUT2D eigenvalue weighted by Crippen LogP contribution is 2.40. The Morgan fingerprint density at radius 3 is 2.59 bits per heavy atom. The average Bonchev–Trinajstić information content (AvgIpc) is 3.32. The molecule has 186 valence electrons. The molecule has 0 fully saturated rings. The maximum atomic E-state index is 12.9. The second-order valence-corrected chi connectivity index (χ2v) is 10.2. The van der Waals surface area contributed by atoms with Gasteiger partial charge in [-0.3, -0.25) is 15.1 Å². The van der Waals surface area contributed by atoms with E-state index in [9.17, 15) is 4.79 Å². The lowest BCUT2D eigenvalue weighted by Gasteiger charge is -2.27. The Bertz CT molecular complexity index is 1470. The number of carbonyl (C=O) groups excluding carboxylic acids is 1. The second kappa shape index (κ2) is 11.0. The van der Waals surface area contributed by atoms with E-state index < -0.39 is 5.91 Å². The molecule has 0 aromatic heterocycles. The van der Waals surface area contributed by atoms with E-state index in [1.165, 1.54) is 11.8 Å². The molecule has 37 heavy (non-hydrogen) atoms. The van der Waals surface area contributed by atoms with Crippen molar-refractivity contribution in [2.45, 2.75) is 13.5 Å². The number of benzene rings is 3. The summed E-state index contributed by atoms with van der Waals surface area (Å²) in [6.45, 7) is 2.65. The summed E-state index contributed by atoms with van der Waals surface area (Å²) >= 11 is 10.9. The van der Waals surface area contributed by atoms with Crippen LogP contribution in [0.15, 0.2) is 87.2 Å². The molecule has 3 aromatic carbocycles. The summed E-state index contributed by atoms with van der Waals surface area (Å²) in [5.74, 6) is 0.698. The van der Waals surface area contributed by atoms with Crippen LogP contribution in [0.5, 0.6) is 11.5 Å². The van der Waals surface area contributed by atoms with E-state index in [1.807, 2.05) is 73.0 Å². The van der Waals surface area contributed by atoms with Gasteiger partial charge in [-0.15, -0.1) is 0 Å². The highest BCUT2D eigenvalue weighted by molar-refractivity contribution is 9.10. The molecule has 3 aromatic rings. The van der Waals surface area contributed by atoms with Gasteiger partial charge in [0.1, 0.15) is 12.4 Å². The van der Waals surface area contributed by atoms with Crippen LogP contribution in [0, 0.1) is 5.41 Å². The average molecular weight is 595 g/mol. The van der Waals surface area contributed by atoms with Crippen LogP contribution in [0.2, 0.25) is 5.02 Å². The minimum atomic E-state index is -0.455. The molecule has 0 bridgehead atoms. The third-order valence-corrected chi connectivity index (χ3v) is 7.29. The van der Waals surface area contributed by atoms with Crippen LogP contribution < -0.4 is 9.47 Å². The topological polar surface area (TPSA) is 75.0 Å². The number of hydrogen-bond donors (Lipinski definition) is 1. The van der Waals surface area contributed by atoms with Crippen molar-refractivity contribution in [2.24, 2.45) is 4.99 Å². The van der Waals surface area contributed by atoms with Gasteiger partial charge < -0.3 is 9.47 Å². The molecule has 0 saturated carbocycles. The van der Waals surface area contributed by atoms with Crippen LogP contribution in [0.1, 0.15) is 23.6 Å². The largest absolute Gasteiger partial charge is 0.490 e. The molecule has 6 nitrogen and oxygen atoms in total. The Kier molecular flexibility index (Phi) is 7.50. The van der Waals surface area contributed by atoms with E-state index in [-0.39, 0.29) is 11.4 Å². The van der Waals surface area contributed by atoms with Crippen LogP contribution >= 0.6 is 39.3 Å². The van der Waals surface area contributed by atoms with Crippen molar-refractivity contribution in [3.05, 3.63) is 104 Å². The zero-order valence-corrected chi connectivity index (χ0v) is 22.9. The lowest BCUT2D eigenvalue weighted by Crippen LogP contribution is -2.38. The summed E-state index contributed by atoms with van der Waals surface area (Å²) in [5, 5.41) is 11.9. The van der Waals surface area contributed by atoms with Crippen molar-refractivity contribution in [3.8, 4) is 11.5 Å². The molecule has 1 amide bonds. The number of hydrogen-bond acceptors (Lipinski definition) is 5. The number of carbonyl (C=O) groups is 1. The number of nitrogens with zero attached hydrogens (tertiary/aromatic N) is 2. The number of nitrogens with one attached hydrogen (secondary N) is 1. The predicted molar refractivity (Wildman–Crippen MR) is 153 cm³/mol. The first kappa shape index (κ1) is 25.3. The fourth-order valence-electron chi connectivity index (χ4n) is 3.89. The Labute approximate surface area is 232 Å². The van der Waals surface area contributed by atoms with E-state index in [0.29, 0.717) is 44.9 Å². The number of halogens is 2.